The van der Waals surface area contributed by atoms with Gasteiger partial charge in [-0.2, -0.15) is 4.31 Å². The number of rotatable bonds is 9. The fourth-order valence-corrected chi connectivity index (χ4v) is 6.13. The number of aromatic nitrogens is 1. The predicted octanol–water partition coefficient (Wildman–Crippen LogP) is 2.73. The molecular formula is C22H31N3O5S2. The van der Waals surface area contributed by atoms with Gasteiger partial charge in [0.1, 0.15) is 11.9 Å². The molecule has 3 rings (SSSR count). The summed E-state index contributed by atoms with van der Waals surface area (Å²) in [5.41, 5.74) is 0.879. The van der Waals surface area contributed by atoms with Gasteiger partial charge in [0.25, 0.3) is 0 Å². The monoisotopic (exact) mass is 481 g/mol. The van der Waals surface area contributed by atoms with Crippen LogP contribution in [-0.4, -0.2) is 62.4 Å². The average Bonchev–Trinajstić information content (AvgIpc) is 2.74. The Morgan fingerprint density at radius 2 is 1.62 bits per heavy atom. The van der Waals surface area contributed by atoms with Crippen LogP contribution in [0.3, 0.4) is 0 Å². The Bertz CT molecular complexity index is 1080. The van der Waals surface area contributed by atoms with Crippen molar-refractivity contribution >= 4 is 20.0 Å². The van der Waals surface area contributed by atoms with Gasteiger partial charge in [0, 0.05) is 38.6 Å². The van der Waals surface area contributed by atoms with Crippen LogP contribution in [0.2, 0.25) is 0 Å². The van der Waals surface area contributed by atoms with Crippen LogP contribution in [0.5, 0.6) is 5.75 Å². The summed E-state index contributed by atoms with van der Waals surface area (Å²) in [7, 11) is -6.86. The summed E-state index contributed by atoms with van der Waals surface area (Å²) in [5, 5.41) is 0. The molecule has 8 nitrogen and oxygen atoms in total. The molecule has 0 N–H and O–H groups in total. The van der Waals surface area contributed by atoms with E-state index in [1.807, 2.05) is 26.0 Å². The van der Waals surface area contributed by atoms with Gasteiger partial charge in [0.2, 0.25) is 20.0 Å². The fraction of sp³-hybridized carbons (Fsp3) is 0.500. The molecule has 0 radical (unpaired) electrons. The van der Waals surface area contributed by atoms with E-state index in [1.54, 1.807) is 36.7 Å². The lowest BCUT2D eigenvalue weighted by molar-refractivity contribution is 0.135. The van der Waals surface area contributed by atoms with Gasteiger partial charge in [-0.05, 0) is 60.7 Å². The van der Waals surface area contributed by atoms with E-state index in [9.17, 15) is 16.8 Å². The quantitative estimate of drug-likeness (QED) is 0.546. The third-order valence-corrected chi connectivity index (χ3v) is 8.44. The number of hydrogen-bond donors (Lipinski definition) is 0. The standard InChI is InChI=1S/C22H31N3O5S2/c1-18(2)16-25(17-19-8-12-23-13-9-19)32(28,29)22-6-4-20(5-7-22)30-21-10-14-24(15-11-21)31(3,26)27/h4-9,12-13,18,21H,10-11,14-17H2,1-3H3. The van der Waals surface area contributed by atoms with Crippen molar-refractivity contribution in [2.45, 2.75) is 44.2 Å². The van der Waals surface area contributed by atoms with E-state index >= 15 is 0 Å². The summed E-state index contributed by atoms with van der Waals surface area (Å²) in [5.74, 6) is 0.748. The average molecular weight is 482 g/mol. The number of ether oxygens (including phenoxy) is 1. The highest BCUT2D eigenvalue weighted by molar-refractivity contribution is 7.89. The highest BCUT2D eigenvalue weighted by atomic mass is 32.2. The highest BCUT2D eigenvalue weighted by Crippen LogP contribution is 2.25. The molecule has 1 aromatic carbocycles. The van der Waals surface area contributed by atoms with Crippen LogP contribution < -0.4 is 4.74 Å². The van der Waals surface area contributed by atoms with Crippen molar-refractivity contribution in [3.63, 3.8) is 0 Å². The summed E-state index contributed by atoms with van der Waals surface area (Å²) in [6.07, 6.45) is 5.62. The Labute approximate surface area is 191 Å². The zero-order valence-corrected chi connectivity index (χ0v) is 20.3. The van der Waals surface area contributed by atoms with Crippen LogP contribution in [0.25, 0.3) is 0 Å². The number of pyridine rings is 1. The van der Waals surface area contributed by atoms with E-state index in [2.05, 4.69) is 4.98 Å². The molecule has 2 aromatic rings. The minimum absolute atomic E-state index is 0.0976. The van der Waals surface area contributed by atoms with Gasteiger partial charge in [0.05, 0.1) is 11.2 Å². The minimum Gasteiger partial charge on any atom is -0.490 e. The molecular weight excluding hydrogens is 450 g/mol. The molecule has 2 heterocycles. The van der Waals surface area contributed by atoms with Gasteiger partial charge >= 0.3 is 0 Å². The fourth-order valence-electron chi connectivity index (χ4n) is 3.66. The van der Waals surface area contributed by atoms with Crippen molar-refractivity contribution < 1.29 is 21.6 Å². The van der Waals surface area contributed by atoms with Crippen LogP contribution in [-0.2, 0) is 26.6 Å². The summed E-state index contributed by atoms with van der Waals surface area (Å²) in [4.78, 5) is 4.21. The molecule has 1 aromatic heterocycles. The maximum Gasteiger partial charge on any atom is 0.243 e. The maximum atomic E-state index is 13.3. The Hall–Kier alpha value is -2.01. The lowest BCUT2D eigenvalue weighted by Gasteiger charge is -2.30. The molecule has 176 valence electrons. The van der Waals surface area contributed by atoms with E-state index < -0.39 is 20.0 Å². The van der Waals surface area contributed by atoms with E-state index in [4.69, 9.17) is 4.74 Å². The zero-order chi connectivity index (χ0) is 23.4. The Morgan fingerprint density at radius 3 is 2.16 bits per heavy atom. The van der Waals surface area contributed by atoms with Gasteiger partial charge < -0.3 is 4.74 Å². The molecule has 0 amide bonds. The predicted molar refractivity (Wildman–Crippen MR) is 123 cm³/mol. The zero-order valence-electron chi connectivity index (χ0n) is 18.7. The van der Waals surface area contributed by atoms with Gasteiger partial charge in [-0.15, -0.1) is 0 Å². The van der Waals surface area contributed by atoms with Crippen molar-refractivity contribution in [3.05, 3.63) is 54.4 Å². The number of hydrogen-bond acceptors (Lipinski definition) is 6. The van der Waals surface area contributed by atoms with Crippen LogP contribution >= 0.6 is 0 Å². The maximum absolute atomic E-state index is 13.3. The first-order valence-corrected chi connectivity index (χ1v) is 14.0. The van der Waals surface area contributed by atoms with E-state index in [1.165, 1.54) is 14.9 Å². The molecule has 0 atom stereocenters. The van der Waals surface area contributed by atoms with Crippen LogP contribution in [0.1, 0.15) is 32.3 Å². The third kappa shape index (κ3) is 6.50. The normalized spacial score (nSPS) is 16.5. The first-order chi connectivity index (χ1) is 15.1. The SMILES string of the molecule is CC(C)CN(Cc1ccncc1)S(=O)(=O)c1ccc(OC2CCN(S(C)(=O)=O)CC2)cc1. The third-order valence-electron chi connectivity index (χ3n) is 5.31. The lowest BCUT2D eigenvalue weighted by atomic mass is 10.1. The second-order valence-electron chi connectivity index (χ2n) is 8.50. The number of sulfonamides is 2. The topological polar surface area (TPSA) is 96.9 Å². The van der Waals surface area contributed by atoms with E-state index in [0.29, 0.717) is 38.2 Å². The lowest BCUT2D eigenvalue weighted by Crippen LogP contribution is -2.41. The molecule has 1 aliphatic heterocycles. The highest BCUT2D eigenvalue weighted by Gasteiger charge is 2.27. The number of benzene rings is 1. The molecule has 0 aliphatic carbocycles. The second kappa shape index (κ2) is 10.3. The van der Waals surface area contributed by atoms with E-state index in [-0.39, 0.29) is 23.5 Å². The smallest absolute Gasteiger partial charge is 0.243 e. The van der Waals surface area contributed by atoms with Crippen molar-refractivity contribution in [3.8, 4) is 5.75 Å². The van der Waals surface area contributed by atoms with Crippen molar-refractivity contribution in [2.75, 3.05) is 25.9 Å². The molecule has 32 heavy (non-hydrogen) atoms. The van der Waals surface area contributed by atoms with E-state index in [0.717, 1.165) is 5.56 Å². The van der Waals surface area contributed by atoms with Gasteiger partial charge in [0.15, 0.2) is 0 Å². The largest absolute Gasteiger partial charge is 0.490 e. The minimum atomic E-state index is -3.68. The van der Waals surface area contributed by atoms with Crippen molar-refractivity contribution in [1.82, 2.24) is 13.6 Å². The Morgan fingerprint density at radius 1 is 1.03 bits per heavy atom. The molecule has 1 saturated heterocycles. The van der Waals surface area contributed by atoms with Crippen molar-refractivity contribution in [1.29, 1.82) is 0 Å². The second-order valence-corrected chi connectivity index (χ2v) is 12.4. The summed E-state index contributed by atoms with van der Waals surface area (Å²) < 4.78 is 58.8. The summed E-state index contributed by atoms with van der Waals surface area (Å²) in [6, 6.07) is 10.1. The first kappa shape index (κ1) is 24.6. The van der Waals surface area contributed by atoms with Crippen molar-refractivity contribution in [2.24, 2.45) is 5.92 Å². The molecule has 1 aliphatic rings. The molecule has 10 heteroatoms. The molecule has 0 bridgehead atoms. The van der Waals surface area contributed by atoms with Crippen LogP contribution in [0.15, 0.2) is 53.7 Å². The summed E-state index contributed by atoms with van der Waals surface area (Å²) >= 11 is 0. The number of nitrogens with zero attached hydrogens (tertiary/aromatic N) is 3. The molecule has 0 saturated carbocycles. The number of piperidine rings is 1. The Kier molecular flexibility index (Phi) is 7.92. The van der Waals surface area contributed by atoms with Crippen LogP contribution in [0, 0.1) is 5.92 Å². The Balaban J connectivity index is 1.69. The molecule has 0 unspecified atom stereocenters. The van der Waals surface area contributed by atoms with Crippen LogP contribution in [0.4, 0.5) is 0 Å². The molecule has 1 fully saturated rings. The first-order valence-electron chi connectivity index (χ1n) is 10.7. The van der Waals surface area contributed by atoms with Gasteiger partial charge in [-0.1, -0.05) is 13.8 Å². The summed E-state index contributed by atoms with van der Waals surface area (Å²) in [6.45, 7) is 5.51. The van der Waals surface area contributed by atoms with Gasteiger partial charge in [-0.25, -0.2) is 21.1 Å². The van der Waals surface area contributed by atoms with Gasteiger partial charge in [-0.3, -0.25) is 4.98 Å². The molecule has 0 spiro atoms.